The van der Waals surface area contributed by atoms with Crippen LogP contribution < -0.4 is 10.6 Å². The van der Waals surface area contributed by atoms with Crippen molar-refractivity contribution in [3.05, 3.63) is 35.9 Å². The second-order valence-electron chi connectivity index (χ2n) is 4.10. The molecule has 2 N–H and O–H groups in total. The zero-order valence-corrected chi connectivity index (χ0v) is 8.66. The lowest BCUT2D eigenvalue weighted by atomic mass is 10.0. The molecule has 1 aliphatic rings. The Bertz CT molecular complexity index is 263. The van der Waals surface area contributed by atoms with Gasteiger partial charge in [0.25, 0.3) is 0 Å². The van der Waals surface area contributed by atoms with Gasteiger partial charge < -0.3 is 10.6 Å². The molecule has 1 fully saturated rings. The Hall–Kier alpha value is -0.860. The second-order valence-corrected chi connectivity index (χ2v) is 4.10. The van der Waals surface area contributed by atoms with Crippen LogP contribution in [-0.4, -0.2) is 25.2 Å². The summed E-state index contributed by atoms with van der Waals surface area (Å²) in [6.45, 7) is 4.37. The van der Waals surface area contributed by atoms with Gasteiger partial charge in [-0.25, -0.2) is 0 Å². The van der Waals surface area contributed by atoms with Crippen LogP contribution >= 0.6 is 0 Å². The minimum Gasteiger partial charge on any atom is -0.311 e. The standard InChI is InChI=1S/C12H18N2/c1-10-8-14-12(9-13-10)7-11-5-3-2-4-6-11/h2-6,10,12-14H,7-9H2,1H3/t10-,12+/m1/s1. The van der Waals surface area contributed by atoms with Gasteiger partial charge in [-0.1, -0.05) is 30.3 Å². The third-order valence-electron chi connectivity index (χ3n) is 2.75. The molecule has 0 aromatic heterocycles. The Morgan fingerprint density at radius 1 is 1.14 bits per heavy atom. The molecule has 2 heteroatoms. The summed E-state index contributed by atoms with van der Waals surface area (Å²) >= 11 is 0. The maximum atomic E-state index is 3.55. The van der Waals surface area contributed by atoms with Crippen molar-refractivity contribution in [1.29, 1.82) is 0 Å². The number of hydrogen-bond donors (Lipinski definition) is 2. The molecule has 2 rings (SSSR count). The molecule has 2 nitrogen and oxygen atoms in total. The largest absolute Gasteiger partial charge is 0.311 e. The first-order valence-corrected chi connectivity index (χ1v) is 5.35. The van der Waals surface area contributed by atoms with Crippen LogP contribution in [0, 0.1) is 0 Å². The maximum absolute atomic E-state index is 3.55. The van der Waals surface area contributed by atoms with E-state index in [0.29, 0.717) is 12.1 Å². The molecule has 76 valence electrons. The van der Waals surface area contributed by atoms with Crippen LogP contribution in [-0.2, 0) is 6.42 Å². The van der Waals surface area contributed by atoms with Gasteiger partial charge in [0.1, 0.15) is 0 Å². The van der Waals surface area contributed by atoms with Crippen molar-refractivity contribution >= 4 is 0 Å². The molecule has 1 aromatic carbocycles. The van der Waals surface area contributed by atoms with Crippen LogP contribution in [0.4, 0.5) is 0 Å². The summed E-state index contributed by atoms with van der Waals surface area (Å²) in [6, 6.07) is 11.9. The summed E-state index contributed by atoms with van der Waals surface area (Å²) < 4.78 is 0. The third kappa shape index (κ3) is 2.56. The fourth-order valence-electron chi connectivity index (χ4n) is 1.87. The van der Waals surface area contributed by atoms with Crippen LogP contribution in [0.1, 0.15) is 12.5 Å². The van der Waals surface area contributed by atoms with E-state index in [1.165, 1.54) is 5.56 Å². The highest BCUT2D eigenvalue weighted by Gasteiger charge is 2.16. The lowest BCUT2D eigenvalue weighted by Crippen LogP contribution is -2.53. The Kier molecular flexibility index (Phi) is 3.17. The molecular weight excluding hydrogens is 172 g/mol. The third-order valence-corrected chi connectivity index (χ3v) is 2.75. The van der Waals surface area contributed by atoms with Crippen molar-refractivity contribution in [3.63, 3.8) is 0 Å². The number of rotatable bonds is 2. The van der Waals surface area contributed by atoms with Crippen LogP contribution in [0.3, 0.4) is 0 Å². The first kappa shape index (κ1) is 9.69. The number of nitrogens with one attached hydrogen (secondary N) is 2. The number of benzene rings is 1. The fraction of sp³-hybridized carbons (Fsp3) is 0.500. The van der Waals surface area contributed by atoms with E-state index in [-0.39, 0.29) is 0 Å². The summed E-state index contributed by atoms with van der Waals surface area (Å²) in [5.41, 5.74) is 1.42. The van der Waals surface area contributed by atoms with Gasteiger partial charge >= 0.3 is 0 Å². The van der Waals surface area contributed by atoms with E-state index in [2.05, 4.69) is 47.9 Å². The normalized spacial score (nSPS) is 27.5. The van der Waals surface area contributed by atoms with E-state index in [4.69, 9.17) is 0 Å². The lowest BCUT2D eigenvalue weighted by Gasteiger charge is -2.29. The van der Waals surface area contributed by atoms with Crippen molar-refractivity contribution in [2.75, 3.05) is 13.1 Å². The highest BCUT2D eigenvalue weighted by Crippen LogP contribution is 2.04. The van der Waals surface area contributed by atoms with Gasteiger partial charge in [-0.15, -0.1) is 0 Å². The molecule has 0 spiro atoms. The minimum atomic E-state index is 0.591. The molecule has 0 radical (unpaired) electrons. The monoisotopic (exact) mass is 190 g/mol. The Morgan fingerprint density at radius 2 is 1.93 bits per heavy atom. The summed E-state index contributed by atoms with van der Waals surface area (Å²) in [5.74, 6) is 0. The second kappa shape index (κ2) is 4.58. The molecule has 0 bridgehead atoms. The molecule has 1 aromatic rings. The van der Waals surface area contributed by atoms with Crippen LogP contribution in [0.2, 0.25) is 0 Å². The van der Waals surface area contributed by atoms with E-state index in [9.17, 15) is 0 Å². The van der Waals surface area contributed by atoms with Crippen LogP contribution in [0.25, 0.3) is 0 Å². The van der Waals surface area contributed by atoms with Gasteiger partial charge in [-0.3, -0.25) is 0 Å². The van der Waals surface area contributed by atoms with Crippen molar-refractivity contribution in [3.8, 4) is 0 Å². The highest BCUT2D eigenvalue weighted by molar-refractivity contribution is 5.16. The molecule has 0 saturated carbocycles. The molecule has 1 saturated heterocycles. The average Bonchev–Trinajstić information content (AvgIpc) is 2.23. The van der Waals surface area contributed by atoms with E-state index in [0.717, 1.165) is 19.5 Å². The quantitative estimate of drug-likeness (QED) is 0.731. The number of piperazine rings is 1. The van der Waals surface area contributed by atoms with Crippen molar-refractivity contribution in [2.45, 2.75) is 25.4 Å². The predicted molar refractivity (Wildman–Crippen MR) is 59.4 cm³/mol. The van der Waals surface area contributed by atoms with E-state index < -0.39 is 0 Å². The van der Waals surface area contributed by atoms with Gasteiger partial charge in [0.05, 0.1) is 0 Å². The van der Waals surface area contributed by atoms with Gasteiger partial charge in [-0.2, -0.15) is 0 Å². The minimum absolute atomic E-state index is 0.591. The lowest BCUT2D eigenvalue weighted by molar-refractivity contribution is 0.358. The molecule has 2 atom stereocenters. The zero-order valence-electron chi connectivity index (χ0n) is 8.66. The van der Waals surface area contributed by atoms with Gasteiger partial charge in [0.15, 0.2) is 0 Å². The van der Waals surface area contributed by atoms with Gasteiger partial charge in [0, 0.05) is 25.2 Å². The fourth-order valence-corrected chi connectivity index (χ4v) is 1.87. The summed E-state index contributed by atoms with van der Waals surface area (Å²) in [6.07, 6.45) is 1.13. The Morgan fingerprint density at radius 3 is 2.57 bits per heavy atom. The zero-order chi connectivity index (χ0) is 9.80. The highest BCUT2D eigenvalue weighted by atomic mass is 15.1. The molecule has 14 heavy (non-hydrogen) atoms. The van der Waals surface area contributed by atoms with Crippen molar-refractivity contribution in [2.24, 2.45) is 0 Å². The van der Waals surface area contributed by atoms with Gasteiger partial charge in [-0.05, 0) is 18.9 Å². The first-order chi connectivity index (χ1) is 6.84. The van der Waals surface area contributed by atoms with E-state index in [1.807, 2.05) is 0 Å². The summed E-state index contributed by atoms with van der Waals surface area (Å²) in [5, 5.41) is 7.04. The molecule has 0 aliphatic carbocycles. The molecule has 0 unspecified atom stereocenters. The molecule has 1 heterocycles. The topological polar surface area (TPSA) is 24.1 Å². The first-order valence-electron chi connectivity index (χ1n) is 5.35. The van der Waals surface area contributed by atoms with Crippen LogP contribution in [0.15, 0.2) is 30.3 Å². The maximum Gasteiger partial charge on any atom is 0.0233 e. The Balaban J connectivity index is 1.87. The number of hydrogen-bond acceptors (Lipinski definition) is 2. The molecular formula is C12H18N2. The average molecular weight is 190 g/mol. The van der Waals surface area contributed by atoms with Crippen molar-refractivity contribution < 1.29 is 0 Å². The van der Waals surface area contributed by atoms with Crippen LogP contribution in [0.5, 0.6) is 0 Å². The molecule has 1 aliphatic heterocycles. The van der Waals surface area contributed by atoms with Crippen molar-refractivity contribution in [1.82, 2.24) is 10.6 Å². The summed E-state index contributed by atoms with van der Waals surface area (Å²) in [7, 11) is 0. The van der Waals surface area contributed by atoms with Gasteiger partial charge in [0.2, 0.25) is 0 Å². The Labute approximate surface area is 85.7 Å². The SMILES string of the molecule is C[C@@H]1CN[C@@H](Cc2ccccc2)CN1. The smallest absolute Gasteiger partial charge is 0.0233 e. The predicted octanol–water partition coefficient (Wildman–Crippen LogP) is 1.18. The summed E-state index contributed by atoms with van der Waals surface area (Å²) in [4.78, 5) is 0. The molecule has 0 amide bonds. The van der Waals surface area contributed by atoms with E-state index in [1.54, 1.807) is 0 Å². The van der Waals surface area contributed by atoms with E-state index >= 15 is 0 Å².